The van der Waals surface area contributed by atoms with Gasteiger partial charge in [-0.2, -0.15) is 5.26 Å². The van der Waals surface area contributed by atoms with Crippen molar-refractivity contribution >= 4 is 17.4 Å². The molecule has 0 aliphatic rings. The Labute approximate surface area is 134 Å². The van der Waals surface area contributed by atoms with Crippen LogP contribution in [0, 0.1) is 18.3 Å². The van der Waals surface area contributed by atoms with Crippen LogP contribution in [0.3, 0.4) is 0 Å². The maximum absolute atomic E-state index is 9.72. The summed E-state index contributed by atoms with van der Waals surface area (Å²) in [5.74, 6) is 0.298. The van der Waals surface area contributed by atoms with Crippen molar-refractivity contribution in [2.75, 3.05) is 20.0 Å². The Bertz CT molecular complexity index is 697. The lowest BCUT2D eigenvalue weighted by Crippen LogP contribution is -1.91. The first-order valence-corrected chi connectivity index (χ1v) is 7.16. The number of aryl methyl sites for hydroxylation is 1. The molecule has 2 aromatic carbocycles. The topological polar surface area (TPSA) is 99.5 Å². The van der Waals surface area contributed by atoms with Crippen LogP contribution in [0.4, 0.5) is 5.69 Å². The highest BCUT2D eigenvalue weighted by molar-refractivity contribution is 7.99. The predicted octanol–water partition coefficient (Wildman–Crippen LogP) is 2.92. The molecule has 2 aromatic rings. The van der Waals surface area contributed by atoms with Gasteiger partial charge in [0.25, 0.3) is 0 Å². The van der Waals surface area contributed by atoms with Gasteiger partial charge in [0.2, 0.25) is 0 Å². The van der Waals surface area contributed by atoms with Gasteiger partial charge in [-0.1, -0.05) is 11.8 Å². The van der Waals surface area contributed by atoms with E-state index >= 15 is 0 Å². The van der Waals surface area contributed by atoms with Gasteiger partial charge < -0.3 is 20.7 Å². The van der Waals surface area contributed by atoms with Crippen molar-refractivity contribution in [3.8, 4) is 17.6 Å². The molecular formula is C16H18N2O3S. The lowest BCUT2D eigenvalue weighted by Gasteiger charge is -2.10. The molecule has 0 aliphatic heterocycles. The molecule has 0 aromatic heterocycles. The van der Waals surface area contributed by atoms with Gasteiger partial charge in [0.15, 0.2) is 11.5 Å². The second kappa shape index (κ2) is 8.17. The number of phenols is 1. The van der Waals surface area contributed by atoms with Gasteiger partial charge >= 0.3 is 0 Å². The predicted molar refractivity (Wildman–Crippen MR) is 87.2 cm³/mol. The van der Waals surface area contributed by atoms with Gasteiger partial charge in [0.05, 0.1) is 24.4 Å². The van der Waals surface area contributed by atoms with Crippen LogP contribution in [0.1, 0.15) is 11.1 Å². The Morgan fingerprint density at radius 2 is 1.91 bits per heavy atom. The summed E-state index contributed by atoms with van der Waals surface area (Å²) in [4.78, 5) is 1.89. The number of aliphatic hydroxyl groups is 1. The molecular weight excluding hydrogens is 300 g/mol. The molecule has 5 nitrogen and oxygen atoms in total. The van der Waals surface area contributed by atoms with E-state index in [2.05, 4.69) is 6.07 Å². The minimum absolute atomic E-state index is 0.0478. The first-order valence-electron chi connectivity index (χ1n) is 6.35. The monoisotopic (exact) mass is 318 g/mol. The molecule has 0 atom stereocenters. The lowest BCUT2D eigenvalue weighted by molar-refractivity contribution is 0.373. The SMILES string of the molecule is CO.COc1cc(Sc2ccc(C#N)cc2C)cc(N)c1O. The van der Waals surface area contributed by atoms with Gasteiger partial charge in [0.1, 0.15) is 0 Å². The average molecular weight is 318 g/mol. The number of aromatic hydroxyl groups is 1. The number of hydrogen-bond donors (Lipinski definition) is 3. The number of phenolic OH excluding ortho intramolecular Hbond substituents is 1. The third-order valence-corrected chi connectivity index (χ3v) is 3.98. The number of methoxy groups -OCH3 is 1. The summed E-state index contributed by atoms with van der Waals surface area (Å²) in [5.41, 5.74) is 7.67. The number of hydrogen-bond acceptors (Lipinski definition) is 6. The number of ether oxygens (including phenoxy) is 1. The van der Waals surface area contributed by atoms with Crippen LogP contribution in [0.2, 0.25) is 0 Å². The van der Waals surface area contributed by atoms with Crippen molar-refractivity contribution in [2.24, 2.45) is 0 Å². The molecule has 0 amide bonds. The third kappa shape index (κ3) is 4.07. The van der Waals surface area contributed by atoms with Gasteiger partial charge in [-0.05, 0) is 42.8 Å². The number of aliphatic hydroxyl groups excluding tert-OH is 1. The zero-order chi connectivity index (χ0) is 16.7. The summed E-state index contributed by atoms with van der Waals surface area (Å²) in [5, 5.41) is 25.6. The second-order valence-corrected chi connectivity index (χ2v) is 5.37. The number of nitrogens with two attached hydrogens (primary N) is 1. The number of nitriles is 1. The maximum Gasteiger partial charge on any atom is 0.181 e. The van der Waals surface area contributed by atoms with E-state index in [-0.39, 0.29) is 11.4 Å². The summed E-state index contributed by atoms with van der Waals surface area (Å²) in [7, 11) is 2.48. The van der Waals surface area contributed by atoms with Crippen LogP contribution in [-0.2, 0) is 0 Å². The minimum atomic E-state index is -0.0478. The summed E-state index contributed by atoms with van der Waals surface area (Å²) >= 11 is 1.51. The Kier molecular flexibility index (Phi) is 6.57. The molecule has 0 fully saturated rings. The highest BCUT2D eigenvalue weighted by atomic mass is 32.2. The highest BCUT2D eigenvalue weighted by Gasteiger charge is 2.10. The standard InChI is InChI=1S/C15H14N2O2S.CH4O/c1-9-5-10(8-16)3-4-14(9)20-11-6-12(17)15(18)13(7-11)19-2;1-2/h3-7,18H,17H2,1-2H3;2H,1H3. The van der Waals surface area contributed by atoms with Crippen LogP contribution in [-0.4, -0.2) is 24.4 Å². The minimum Gasteiger partial charge on any atom is -0.503 e. The van der Waals surface area contributed by atoms with Gasteiger partial charge in [-0.15, -0.1) is 0 Å². The van der Waals surface area contributed by atoms with Crippen molar-refractivity contribution in [1.82, 2.24) is 0 Å². The highest BCUT2D eigenvalue weighted by Crippen LogP contribution is 2.39. The first kappa shape index (κ1) is 17.7. The molecule has 0 aliphatic carbocycles. The van der Waals surface area contributed by atoms with E-state index in [0.29, 0.717) is 11.3 Å². The van der Waals surface area contributed by atoms with Crippen LogP contribution in [0.25, 0.3) is 0 Å². The quantitative estimate of drug-likeness (QED) is 0.594. The Morgan fingerprint density at radius 3 is 2.45 bits per heavy atom. The van der Waals surface area contributed by atoms with Crippen LogP contribution >= 0.6 is 11.8 Å². The lowest BCUT2D eigenvalue weighted by atomic mass is 10.2. The molecule has 0 radical (unpaired) electrons. The van der Waals surface area contributed by atoms with E-state index in [0.717, 1.165) is 22.5 Å². The van der Waals surface area contributed by atoms with Crippen molar-refractivity contribution < 1.29 is 14.9 Å². The van der Waals surface area contributed by atoms with Gasteiger partial charge in [0, 0.05) is 16.9 Å². The third-order valence-electron chi connectivity index (χ3n) is 2.83. The summed E-state index contributed by atoms with van der Waals surface area (Å²) in [6.45, 7) is 1.95. The number of benzene rings is 2. The van der Waals surface area contributed by atoms with Crippen LogP contribution in [0.5, 0.6) is 11.5 Å². The van der Waals surface area contributed by atoms with Crippen LogP contribution in [0.15, 0.2) is 40.1 Å². The zero-order valence-electron chi connectivity index (χ0n) is 12.6. The first-order chi connectivity index (χ1) is 10.5. The number of nitrogens with zero attached hydrogens (tertiary/aromatic N) is 1. The zero-order valence-corrected chi connectivity index (χ0v) is 13.4. The number of rotatable bonds is 3. The summed E-state index contributed by atoms with van der Waals surface area (Å²) < 4.78 is 5.08. The van der Waals surface area contributed by atoms with E-state index in [9.17, 15) is 5.11 Å². The van der Waals surface area contributed by atoms with Gasteiger partial charge in [-0.25, -0.2) is 0 Å². The maximum atomic E-state index is 9.72. The van der Waals surface area contributed by atoms with Crippen molar-refractivity contribution in [2.45, 2.75) is 16.7 Å². The summed E-state index contributed by atoms with van der Waals surface area (Å²) in [6.07, 6.45) is 0. The van der Waals surface area contributed by atoms with Crippen LogP contribution < -0.4 is 10.5 Å². The molecule has 6 heteroatoms. The molecule has 0 unspecified atom stereocenters. The second-order valence-electron chi connectivity index (χ2n) is 4.26. The van der Waals surface area contributed by atoms with Gasteiger partial charge in [-0.3, -0.25) is 0 Å². The fourth-order valence-corrected chi connectivity index (χ4v) is 2.74. The van der Waals surface area contributed by atoms with Crippen molar-refractivity contribution in [1.29, 1.82) is 5.26 Å². The van der Waals surface area contributed by atoms with E-state index < -0.39 is 0 Å². The average Bonchev–Trinajstić information content (AvgIpc) is 2.54. The molecule has 116 valence electrons. The molecule has 0 heterocycles. The molecule has 0 spiro atoms. The molecule has 2 rings (SSSR count). The number of anilines is 1. The molecule has 0 bridgehead atoms. The van der Waals surface area contributed by atoms with E-state index in [4.69, 9.17) is 20.8 Å². The Hall–Kier alpha value is -2.36. The molecule has 0 saturated carbocycles. The van der Waals surface area contributed by atoms with E-state index in [1.807, 2.05) is 19.1 Å². The van der Waals surface area contributed by atoms with Crippen molar-refractivity contribution in [3.63, 3.8) is 0 Å². The summed E-state index contributed by atoms with van der Waals surface area (Å²) in [6, 6.07) is 11.0. The molecule has 0 saturated heterocycles. The largest absolute Gasteiger partial charge is 0.503 e. The fourth-order valence-electron chi connectivity index (χ4n) is 1.78. The normalized spacial score (nSPS) is 9.41. The Balaban J connectivity index is 0.00000116. The van der Waals surface area contributed by atoms with E-state index in [1.54, 1.807) is 18.2 Å². The fraction of sp³-hybridized carbons (Fsp3) is 0.188. The number of nitrogen functional groups attached to an aromatic ring is 1. The van der Waals surface area contributed by atoms with E-state index in [1.165, 1.54) is 18.9 Å². The Morgan fingerprint density at radius 1 is 1.23 bits per heavy atom. The van der Waals surface area contributed by atoms with Crippen molar-refractivity contribution in [3.05, 3.63) is 41.5 Å². The molecule has 4 N–H and O–H groups in total. The smallest absolute Gasteiger partial charge is 0.181 e. The molecule has 22 heavy (non-hydrogen) atoms.